The summed E-state index contributed by atoms with van der Waals surface area (Å²) in [4.78, 5) is 3.91. The molecule has 0 aliphatic rings. The van der Waals surface area contributed by atoms with E-state index in [1.165, 1.54) is 14.2 Å². The predicted molar refractivity (Wildman–Crippen MR) is 110 cm³/mol. The summed E-state index contributed by atoms with van der Waals surface area (Å²) >= 11 is 0. The molecular weight excluding hydrogens is 493 g/mol. The third kappa shape index (κ3) is 5.63. The molecule has 0 saturated carbocycles. The molecule has 0 bridgehead atoms. The lowest BCUT2D eigenvalue weighted by Crippen LogP contribution is -2.31. The van der Waals surface area contributed by atoms with Crippen LogP contribution >= 0.6 is 24.0 Å². The van der Waals surface area contributed by atoms with Crippen molar-refractivity contribution in [2.24, 2.45) is 4.99 Å². The number of hydrogen-bond acceptors (Lipinski definition) is 3. The number of aliphatic imine (C=N–C) groups is 1. The van der Waals surface area contributed by atoms with E-state index >= 15 is 0 Å². The highest BCUT2D eigenvalue weighted by Crippen LogP contribution is 2.30. The van der Waals surface area contributed by atoms with Crippen LogP contribution in [0.25, 0.3) is 0 Å². The van der Waals surface area contributed by atoms with Crippen LogP contribution < -0.4 is 20.1 Å². The zero-order valence-corrected chi connectivity index (χ0v) is 17.7. The van der Waals surface area contributed by atoms with Gasteiger partial charge in [0.05, 0.1) is 13.7 Å². The molecule has 0 atom stereocenters. The van der Waals surface area contributed by atoms with Crippen LogP contribution in [-0.4, -0.2) is 26.7 Å². The highest BCUT2D eigenvalue weighted by Gasteiger charge is 2.19. The lowest BCUT2D eigenvalue weighted by Gasteiger charge is -2.15. The van der Waals surface area contributed by atoms with Crippen molar-refractivity contribution in [1.82, 2.24) is 5.32 Å². The first kappa shape index (κ1) is 23.8. The first-order chi connectivity index (χ1) is 12.9. The monoisotopic (exact) mass is 513 g/mol. The second-order valence-corrected chi connectivity index (χ2v) is 5.30. The van der Waals surface area contributed by atoms with Crippen LogP contribution in [0.1, 0.15) is 12.5 Å². The van der Waals surface area contributed by atoms with Gasteiger partial charge in [0, 0.05) is 37.0 Å². The Morgan fingerprint density at radius 3 is 2.21 bits per heavy atom. The molecular formula is C18H20F4IN3O2. The van der Waals surface area contributed by atoms with Crippen LogP contribution in [0.3, 0.4) is 0 Å². The minimum Gasteiger partial charge on any atom is -0.493 e. The zero-order valence-electron chi connectivity index (χ0n) is 15.4. The quantitative estimate of drug-likeness (QED) is 0.197. The van der Waals surface area contributed by atoms with E-state index in [1.807, 2.05) is 6.92 Å². The fraction of sp³-hybridized carbons (Fsp3) is 0.278. The molecule has 0 fully saturated rings. The van der Waals surface area contributed by atoms with Gasteiger partial charge in [0.15, 0.2) is 40.7 Å². The topological polar surface area (TPSA) is 54.9 Å². The summed E-state index contributed by atoms with van der Waals surface area (Å²) in [7, 11) is 2.94. The molecule has 0 amide bonds. The van der Waals surface area contributed by atoms with Gasteiger partial charge in [-0.2, -0.15) is 0 Å². The minimum atomic E-state index is -1.47. The van der Waals surface area contributed by atoms with E-state index in [9.17, 15) is 17.6 Å². The van der Waals surface area contributed by atoms with E-state index in [1.54, 1.807) is 18.2 Å². The number of guanidine groups is 1. The number of benzene rings is 2. The standard InChI is InChI=1S/C18H19F4N3O2.HI/c1-4-27-15-7-10(5-6-14(15)26-3)25-18(23-2)24-9-11-16(21)12(19)8-13(20)17(11)22;/h5-8H,4,9H2,1-3H3,(H2,23,24,25);1H. The molecule has 28 heavy (non-hydrogen) atoms. The Morgan fingerprint density at radius 1 is 1.04 bits per heavy atom. The van der Waals surface area contributed by atoms with Gasteiger partial charge < -0.3 is 20.1 Å². The zero-order chi connectivity index (χ0) is 20.0. The molecule has 154 valence electrons. The normalized spacial score (nSPS) is 10.9. The van der Waals surface area contributed by atoms with Crippen LogP contribution in [0, 0.1) is 23.3 Å². The summed E-state index contributed by atoms with van der Waals surface area (Å²) in [6.45, 7) is 1.73. The molecule has 2 aromatic carbocycles. The van der Waals surface area contributed by atoms with E-state index in [0.717, 1.165) is 0 Å². The number of nitrogens with one attached hydrogen (secondary N) is 2. The van der Waals surface area contributed by atoms with Crippen molar-refractivity contribution in [3.63, 3.8) is 0 Å². The van der Waals surface area contributed by atoms with Crippen LogP contribution in [-0.2, 0) is 6.54 Å². The number of nitrogens with zero attached hydrogens (tertiary/aromatic N) is 1. The number of anilines is 1. The number of hydrogen-bond donors (Lipinski definition) is 2. The van der Waals surface area contributed by atoms with Crippen molar-refractivity contribution in [2.45, 2.75) is 13.5 Å². The second kappa shape index (κ2) is 10.9. The Labute approximate surface area is 177 Å². The average Bonchev–Trinajstić information content (AvgIpc) is 2.66. The molecule has 0 aliphatic heterocycles. The number of halogens is 5. The van der Waals surface area contributed by atoms with Gasteiger partial charge in [-0.3, -0.25) is 4.99 Å². The van der Waals surface area contributed by atoms with Gasteiger partial charge in [0.1, 0.15) is 0 Å². The molecule has 2 N–H and O–H groups in total. The second-order valence-electron chi connectivity index (χ2n) is 5.30. The molecule has 10 heteroatoms. The molecule has 5 nitrogen and oxygen atoms in total. The Balaban J connectivity index is 0.00000392. The van der Waals surface area contributed by atoms with Crippen LogP contribution in [0.4, 0.5) is 23.2 Å². The van der Waals surface area contributed by atoms with Crippen molar-refractivity contribution in [3.05, 3.63) is 53.1 Å². The van der Waals surface area contributed by atoms with E-state index in [4.69, 9.17) is 9.47 Å². The van der Waals surface area contributed by atoms with E-state index in [-0.39, 0.29) is 36.0 Å². The van der Waals surface area contributed by atoms with Crippen LogP contribution in [0.2, 0.25) is 0 Å². The number of rotatable bonds is 6. The molecule has 0 radical (unpaired) electrons. The third-order valence-corrected chi connectivity index (χ3v) is 3.59. The third-order valence-electron chi connectivity index (χ3n) is 3.59. The SMILES string of the molecule is CCOc1cc(NC(=NC)NCc2c(F)c(F)cc(F)c2F)ccc1OC.I. The average molecular weight is 513 g/mol. The van der Waals surface area contributed by atoms with E-state index in [0.29, 0.717) is 23.8 Å². The Bertz CT molecular complexity index is 824. The number of ether oxygens (including phenoxy) is 2. The van der Waals surface area contributed by atoms with Crippen molar-refractivity contribution in [3.8, 4) is 11.5 Å². The Hall–Kier alpha value is -2.24. The van der Waals surface area contributed by atoms with Crippen molar-refractivity contribution >= 4 is 35.6 Å². The number of methoxy groups -OCH3 is 1. The fourth-order valence-electron chi connectivity index (χ4n) is 2.29. The van der Waals surface area contributed by atoms with Gasteiger partial charge in [-0.15, -0.1) is 24.0 Å². The molecule has 2 aromatic rings. The summed E-state index contributed by atoms with van der Waals surface area (Å²) in [6.07, 6.45) is 0. The van der Waals surface area contributed by atoms with Crippen LogP contribution in [0.5, 0.6) is 11.5 Å². The maximum atomic E-state index is 13.7. The van der Waals surface area contributed by atoms with Crippen molar-refractivity contribution in [2.75, 3.05) is 26.1 Å². The van der Waals surface area contributed by atoms with Gasteiger partial charge in [0.2, 0.25) is 0 Å². The first-order valence-electron chi connectivity index (χ1n) is 8.01. The lowest BCUT2D eigenvalue weighted by atomic mass is 10.2. The molecule has 0 aromatic heterocycles. The molecule has 0 unspecified atom stereocenters. The summed E-state index contributed by atoms with van der Waals surface area (Å²) in [5.41, 5.74) is -0.209. The van der Waals surface area contributed by atoms with Gasteiger partial charge in [0.25, 0.3) is 0 Å². The van der Waals surface area contributed by atoms with E-state index < -0.39 is 35.4 Å². The smallest absolute Gasteiger partial charge is 0.195 e. The Morgan fingerprint density at radius 2 is 1.68 bits per heavy atom. The molecule has 0 heterocycles. The summed E-state index contributed by atoms with van der Waals surface area (Å²) in [5.74, 6) is -4.70. The van der Waals surface area contributed by atoms with Crippen LogP contribution in [0.15, 0.2) is 29.3 Å². The molecule has 0 aliphatic carbocycles. The summed E-state index contributed by atoms with van der Waals surface area (Å²) in [5, 5.41) is 5.49. The van der Waals surface area contributed by atoms with Crippen molar-refractivity contribution in [1.29, 1.82) is 0 Å². The summed E-state index contributed by atoms with van der Waals surface area (Å²) in [6, 6.07) is 5.16. The molecule has 0 saturated heterocycles. The maximum absolute atomic E-state index is 13.7. The van der Waals surface area contributed by atoms with Gasteiger partial charge >= 0.3 is 0 Å². The van der Waals surface area contributed by atoms with Gasteiger partial charge in [-0.1, -0.05) is 0 Å². The summed E-state index contributed by atoms with van der Waals surface area (Å²) < 4.78 is 64.7. The lowest BCUT2D eigenvalue weighted by molar-refractivity contribution is 0.311. The fourth-order valence-corrected chi connectivity index (χ4v) is 2.29. The van der Waals surface area contributed by atoms with Gasteiger partial charge in [-0.05, 0) is 19.1 Å². The Kier molecular flexibility index (Phi) is 9.29. The molecule has 0 spiro atoms. The first-order valence-corrected chi connectivity index (χ1v) is 8.01. The predicted octanol–water partition coefficient (Wildman–Crippen LogP) is 4.46. The van der Waals surface area contributed by atoms with Gasteiger partial charge in [-0.25, -0.2) is 17.6 Å². The maximum Gasteiger partial charge on any atom is 0.195 e. The highest BCUT2D eigenvalue weighted by molar-refractivity contribution is 14.0. The van der Waals surface area contributed by atoms with Crippen molar-refractivity contribution < 1.29 is 27.0 Å². The van der Waals surface area contributed by atoms with E-state index in [2.05, 4.69) is 15.6 Å². The highest BCUT2D eigenvalue weighted by atomic mass is 127. The largest absolute Gasteiger partial charge is 0.493 e. The minimum absolute atomic E-state index is 0. The molecule has 2 rings (SSSR count).